The summed E-state index contributed by atoms with van der Waals surface area (Å²) in [5, 5.41) is -0.0502. The minimum Gasteiger partial charge on any atom is -0.497 e. The molecule has 1 aromatic rings. The molecule has 0 aliphatic carbocycles. The van der Waals surface area contributed by atoms with Gasteiger partial charge in [0.2, 0.25) is 0 Å². The highest BCUT2D eigenvalue weighted by Gasteiger charge is 2.49. The van der Waals surface area contributed by atoms with Crippen molar-refractivity contribution in [2.75, 3.05) is 13.7 Å². The topological polar surface area (TPSA) is 81.7 Å². The number of benzene rings is 1. The number of carbonyl (C=O) groups excluding carboxylic acids is 1. The molecule has 1 saturated heterocycles. The van der Waals surface area contributed by atoms with Crippen LogP contribution in [0.3, 0.4) is 0 Å². The third kappa shape index (κ3) is 11.2. The van der Waals surface area contributed by atoms with Gasteiger partial charge in [-0.05, 0) is 80.4 Å². The molecule has 2 rings (SSSR count). The average Bonchev–Trinajstić information content (AvgIpc) is 2.93. The van der Waals surface area contributed by atoms with Crippen LogP contribution in [0.5, 0.6) is 5.75 Å². The molecule has 0 aromatic heterocycles. The average molecular weight is 727 g/mol. The Morgan fingerprint density at radius 3 is 1.73 bits per heavy atom. The second-order valence-corrected chi connectivity index (χ2v) is 32.3. The van der Waals surface area contributed by atoms with E-state index in [-0.39, 0.29) is 40.0 Å². The van der Waals surface area contributed by atoms with Gasteiger partial charge in [0.15, 0.2) is 37.3 Å². The second kappa shape index (κ2) is 16.1. The van der Waals surface area contributed by atoms with Crippen LogP contribution in [0, 0.1) is 0 Å². The number of esters is 1. The van der Waals surface area contributed by atoms with Crippen molar-refractivity contribution in [3.8, 4) is 5.75 Å². The molecule has 1 aliphatic rings. The number of hydrogen-bond donors (Lipinski definition) is 0. The maximum atomic E-state index is 13.7. The monoisotopic (exact) mass is 726 g/mol. The zero-order chi connectivity index (χ0) is 37.1. The minimum absolute atomic E-state index is 0.0126. The van der Waals surface area contributed by atoms with Gasteiger partial charge in [-0.25, -0.2) is 4.79 Å². The summed E-state index contributed by atoms with van der Waals surface area (Å²) in [5.74, 6) is 0.345. The molecule has 11 heteroatoms. The van der Waals surface area contributed by atoms with E-state index >= 15 is 0 Å². The Kier molecular flexibility index (Phi) is 14.4. The first-order valence-corrected chi connectivity index (χ1v) is 26.5. The molecular weight excluding hydrogens is 657 g/mol. The molecule has 0 radical (unpaired) electrons. The number of rotatable bonds is 14. The summed E-state index contributed by atoms with van der Waals surface area (Å²) < 4.78 is 45.5. The normalized spacial score (nSPS) is 22.2. The lowest BCUT2D eigenvalue weighted by atomic mass is 9.98. The highest BCUT2D eigenvalue weighted by Crippen LogP contribution is 2.44. The standard InChI is InChI=1S/C37H70O8Si3/c1-19-40-33(38)32(45-48(17,18)37(9,10)11)31-25-29(41-34(42-31)27-20-22-28(39-12)23-21-27)24-30(44-47(15,16)36(6,7)8)26(2)43-46(13,14)35(3,4)5/h20-23,26,29-32,34H,19,24-25H2,1-18H3/t26-,29-,30-,31-,32+,34-/m1/s1. The SMILES string of the molecule is CCOC(=O)[C@@H](O[Si](C)(C)C(C)(C)C)[C@H]1C[C@@H](C[C@@H](O[Si](C)(C)C(C)(C)C)[C@@H](C)O[Si](C)(C)C(C)(C)C)O[C@@H](c2ccc(OC)cc2)O1. The molecule has 0 unspecified atom stereocenters. The Hall–Kier alpha value is -1.06. The van der Waals surface area contributed by atoms with Crippen molar-refractivity contribution in [3.05, 3.63) is 29.8 Å². The van der Waals surface area contributed by atoms with E-state index in [1.165, 1.54) is 0 Å². The van der Waals surface area contributed by atoms with Crippen molar-refractivity contribution in [1.29, 1.82) is 0 Å². The highest BCUT2D eigenvalue weighted by molar-refractivity contribution is 6.75. The molecule has 1 aromatic carbocycles. The van der Waals surface area contributed by atoms with E-state index in [0.29, 0.717) is 12.8 Å². The fourth-order valence-electron chi connectivity index (χ4n) is 4.86. The van der Waals surface area contributed by atoms with E-state index in [2.05, 4.69) is 109 Å². The second-order valence-electron chi connectivity index (χ2n) is 18.1. The van der Waals surface area contributed by atoms with E-state index < -0.39 is 49.4 Å². The lowest BCUT2D eigenvalue weighted by Crippen LogP contribution is -2.54. The quantitative estimate of drug-likeness (QED) is 0.138. The fraction of sp³-hybridized carbons (Fsp3) is 0.811. The van der Waals surface area contributed by atoms with Gasteiger partial charge in [-0.1, -0.05) is 74.4 Å². The summed E-state index contributed by atoms with van der Waals surface area (Å²) in [6.45, 7) is 37.8. The van der Waals surface area contributed by atoms with Crippen molar-refractivity contribution in [1.82, 2.24) is 0 Å². The molecular formula is C37H70O8Si3. The van der Waals surface area contributed by atoms with Crippen LogP contribution in [0.4, 0.5) is 0 Å². The maximum Gasteiger partial charge on any atom is 0.336 e. The van der Waals surface area contributed by atoms with Crippen LogP contribution in [0.15, 0.2) is 24.3 Å². The van der Waals surface area contributed by atoms with Gasteiger partial charge in [-0.15, -0.1) is 0 Å². The van der Waals surface area contributed by atoms with Crippen molar-refractivity contribution < 1.29 is 37.0 Å². The van der Waals surface area contributed by atoms with Crippen LogP contribution < -0.4 is 4.74 Å². The first-order chi connectivity index (χ1) is 21.7. The van der Waals surface area contributed by atoms with Crippen molar-refractivity contribution in [2.24, 2.45) is 0 Å². The van der Waals surface area contributed by atoms with Gasteiger partial charge in [0.1, 0.15) is 5.75 Å². The van der Waals surface area contributed by atoms with Crippen LogP contribution in [-0.4, -0.2) is 75.2 Å². The molecule has 1 aliphatic heterocycles. The molecule has 0 amide bonds. The van der Waals surface area contributed by atoms with Crippen molar-refractivity contribution in [2.45, 2.75) is 180 Å². The predicted octanol–water partition coefficient (Wildman–Crippen LogP) is 10.0. The largest absolute Gasteiger partial charge is 0.497 e. The maximum absolute atomic E-state index is 13.7. The van der Waals surface area contributed by atoms with Gasteiger partial charge in [-0.3, -0.25) is 0 Å². The molecule has 1 heterocycles. The van der Waals surface area contributed by atoms with Crippen LogP contribution in [-0.2, 0) is 32.3 Å². The van der Waals surface area contributed by atoms with E-state index in [1.807, 2.05) is 31.2 Å². The molecule has 0 N–H and O–H groups in total. The van der Waals surface area contributed by atoms with Crippen LogP contribution in [0.2, 0.25) is 54.4 Å². The Morgan fingerprint density at radius 1 is 0.792 bits per heavy atom. The zero-order valence-electron chi connectivity index (χ0n) is 33.7. The van der Waals surface area contributed by atoms with Gasteiger partial charge in [0.05, 0.1) is 38.1 Å². The van der Waals surface area contributed by atoms with Crippen molar-refractivity contribution >= 4 is 30.9 Å². The van der Waals surface area contributed by atoms with Gasteiger partial charge >= 0.3 is 5.97 Å². The first-order valence-electron chi connectivity index (χ1n) is 17.8. The summed E-state index contributed by atoms with van der Waals surface area (Å²) in [6, 6.07) is 7.69. The molecule has 8 nitrogen and oxygen atoms in total. The van der Waals surface area contributed by atoms with Crippen molar-refractivity contribution in [3.63, 3.8) is 0 Å². The van der Waals surface area contributed by atoms with Gasteiger partial charge in [0.25, 0.3) is 0 Å². The molecule has 48 heavy (non-hydrogen) atoms. The summed E-state index contributed by atoms with van der Waals surface area (Å²) >= 11 is 0. The van der Waals surface area contributed by atoms with Crippen LogP contribution >= 0.6 is 0 Å². The lowest BCUT2D eigenvalue weighted by Gasteiger charge is -2.46. The van der Waals surface area contributed by atoms with Crippen LogP contribution in [0.25, 0.3) is 0 Å². The Morgan fingerprint density at radius 2 is 1.27 bits per heavy atom. The molecule has 0 bridgehead atoms. The molecule has 0 spiro atoms. The summed E-state index contributed by atoms with van der Waals surface area (Å²) in [6.07, 6.45) is -1.83. The third-order valence-electron chi connectivity index (χ3n) is 11.1. The predicted molar refractivity (Wildman–Crippen MR) is 203 cm³/mol. The van der Waals surface area contributed by atoms with Gasteiger partial charge in [0, 0.05) is 18.4 Å². The fourth-order valence-corrected chi connectivity index (χ4v) is 8.93. The number of methoxy groups -OCH3 is 1. The highest BCUT2D eigenvalue weighted by atomic mass is 28.4. The van der Waals surface area contributed by atoms with Gasteiger partial charge < -0.3 is 32.2 Å². The number of carbonyl (C=O) groups is 1. The molecule has 278 valence electrons. The zero-order valence-corrected chi connectivity index (χ0v) is 36.7. The third-order valence-corrected chi connectivity index (χ3v) is 24.7. The number of hydrogen-bond acceptors (Lipinski definition) is 8. The molecule has 6 atom stereocenters. The van der Waals surface area contributed by atoms with E-state index in [0.717, 1.165) is 11.3 Å². The summed E-state index contributed by atoms with van der Waals surface area (Å²) in [5.41, 5.74) is 0.841. The van der Waals surface area contributed by atoms with Gasteiger partial charge in [-0.2, -0.15) is 0 Å². The smallest absolute Gasteiger partial charge is 0.336 e. The lowest BCUT2D eigenvalue weighted by molar-refractivity contribution is -0.268. The summed E-state index contributed by atoms with van der Waals surface area (Å²) in [4.78, 5) is 13.7. The van der Waals surface area contributed by atoms with E-state index in [1.54, 1.807) is 7.11 Å². The minimum atomic E-state index is -2.40. The van der Waals surface area contributed by atoms with E-state index in [4.69, 9.17) is 32.2 Å². The first kappa shape index (κ1) is 43.1. The Labute approximate surface area is 296 Å². The Balaban J connectivity index is 2.61. The van der Waals surface area contributed by atoms with E-state index in [9.17, 15) is 4.79 Å². The van der Waals surface area contributed by atoms with Crippen LogP contribution in [0.1, 0.15) is 101 Å². The number of ether oxygens (including phenoxy) is 4. The summed E-state index contributed by atoms with van der Waals surface area (Å²) in [7, 11) is -5.07. The molecule has 0 saturated carbocycles. The molecule has 1 fully saturated rings. The Bertz CT molecular complexity index is 1170.